The van der Waals surface area contributed by atoms with Gasteiger partial charge in [0.05, 0.1) is 28.4 Å². The number of benzene rings is 3. The van der Waals surface area contributed by atoms with Gasteiger partial charge in [-0.15, -0.1) is 0 Å². The molecule has 0 aliphatic heterocycles. The molecular weight excluding hydrogens is 420 g/mol. The summed E-state index contributed by atoms with van der Waals surface area (Å²) >= 11 is 0. The van der Waals surface area contributed by atoms with E-state index in [-0.39, 0.29) is 5.78 Å². The highest BCUT2D eigenvalue weighted by atomic mass is 16.5. The lowest BCUT2D eigenvalue weighted by Gasteiger charge is -2.13. The normalized spacial score (nSPS) is 10.7. The Morgan fingerprint density at radius 2 is 1.39 bits per heavy atom. The molecule has 3 aromatic carbocycles. The van der Waals surface area contributed by atoms with Gasteiger partial charge in [0.15, 0.2) is 28.8 Å². The first-order chi connectivity index (χ1) is 16.0. The molecule has 0 saturated heterocycles. The van der Waals surface area contributed by atoms with Crippen molar-refractivity contribution >= 4 is 11.9 Å². The summed E-state index contributed by atoms with van der Waals surface area (Å²) in [5.41, 5.74) is 3.50. The van der Waals surface area contributed by atoms with Crippen molar-refractivity contribution in [2.45, 2.75) is 13.5 Å². The van der Waals surface area contributed by atoms with Gasteiger partial charge in [-0.25, -0.2) is 0 Å². The van der Waals surface area contributed by atoms with E-state index in [0.29, 0.717) is 40.9 Å². The largest absolute Gasteiger partial charge is 0.493 e. The first-order valence-electron chi connectivity index (χ1n) is 10.4. The van der Waals surface area contributed by atoms with Crippen LogP contribution in [0.3, 0.4) is 0 Å². The van der Waals surface area contributed by atoms with Crippen molar-refractivity contribution in [3.05, 3.63) is 82.9 Å². The van der Waals surface area contributed by atoms with Gasteiger partial charge in [-0.3, -0.25) is 4.79 Å². The van der Waals surface area contributed by atoms with Gasteiger partial charge in [0, 0.05) is 5.56 Å². The van der Waals surface area contributed by atoms with E-state index in [1.165, 1.54) is 33.0 Å². The maximum atomic E-state index is 12.8. The fourth-order valence-corrected chi connectivity index (χ4v) is 3.24. The average molecular weight is 449 g/mol. The molecule has 0 saturated carbocycles. The standard InChI is InChI=1S/C27H28O6/c1-18-6-8-20(9-7-18)17-33-23-13-11-19(14-24(23)29-2)10-12-22(28)21-15-25(30-3)27(32-5)26(16-21)31-4/h6-16H,17H2,1-5H3/b12-10+. The first kappa shape index (κ1) is 23.7. The molecule has 0 unspecified atom stereocenters. The molecule has 0 aliphatic rings. The van der Waals surface area contributed by atoms with E-state index in [0.717, 1.165) is 11.1 Å². The summed E-state index contributed by atoms with van der Waals surface area (Å²) in [5, 5.41) is 0. The van der Waals surface area contributed by atoms with Gasteiger partial charge in [-0.05, 0) is 48.4 Å². The Kier molecular flexibility index (Phi) is 7.97. The van der Waals surface area contributed by atoms with Gasteiger partial charge in [-0.1, -0.05) is 42.0 Å². The zero-order valence-corrected chi connectivity index (χ0v) is 19.5. The maximum absolute atomic E-state index is 12.8. The number of allylic oxidation sites excluding steroid dienone is 1. The lowest BCUT2D eigenvalue weighted by Crippen LogP contribution is -2.00. The van der Waals surface area contributed by atoms with Gasteiger partial charge in [0.1, 0.15) is 6.61 Å². The Morgan fingerprint density at radius 1 is 0.758 bits per heavy atom. The highest BCUT2D eigenvalue weighted by Gasteiger charge is 2.16. The van der Waals surface area contributed by atoms with Crippen molar-refractivity contribution in [3.8, 4) is 28.7 Å². The topological polar surface area (TPSA) is 63.2 Å². The molecule has 0 fully saturated rings. The van der Waals surface area contributed by atoms with Crippen LogP contribution in [0.15, 0.2) is 60.7 Å². The number of carbonyl (C=O) groups excluding carboxylic acids is 1. The second kappa shape index (κ2) is 11.1. The molecule has 3 rings (SSSR count). The summed E-state index contributed by atoms with van der Waals surface area (Å²) < 4.78 is 27.4. The van der Waals surface area contributed by atoms with E-state index in [1.807, 2.05) is 37.3 Å². The van der Waals surface area contributed by atoms with Crippen LogP contribution >= 0.6 is 0 Å². The van der Waals surface area contributed by atoms with Crippen LogP contribution in [0.5, 0.6) is 28.7 Å². The number of rotatable bonds is 10. The molecular formula is C27H28O6. The molecule has 172 valence electrons. The molecule has 0 aliphatic carbocycles. The Hall–Kier alpha value is -3.93. The van der Waals surface area contributed by atoms with Gasteiger partial charge >= 0.3 is 0 Å². The predicted octanol–water partition coefficient (Wildman–Crippen LogP) is 5.50. The summed E-state index contributed by atoms with van der Waals surface area (Å²) in [6.07, 6.45) is 3.21. The van der Waals surface area contributed by atoms with Gasteiger partial charge in [-0.2, -0.15) is 0 Å². The lowest BCUT2D eigenvalue weighted by atomic mass is 10.1. The van der Waals surface area contributed by atoms with E-state index >= 15 is 0 Å². The van der Waals surface area contributed by atoms with Crippen molar-refractivity contribution < 1.29 is 28.5 Å². The van der Waals surface area contributed by atoms with E-state index in [1.54, 1.807) is 25.3 Å². The molecule has 0 N–H and O–H groups in total. The molecule has 0 amide bonds. The first-order valence-corrected chi connectivity index (χ1v) is 10.4. The molecule has 6 nitrogen and oxygen atoms in total. The summed E-state index contributed by atoms with van der Waals surface area (Å²) in [5.74, 6) is 2.30. The fraction of sp³-hybridized carbons (Fsp3) is 0.222. The third-order valence-corrected chi connectivity index (χ3v) is 5.08. The van der Waals surface area contributed by atoms with E-state index in [2.05, 4.69) is 12.1 Å². The highest BCUT2D eigenvalue weighted by molar-refractivity contribution is 6.07. The van der Waals surface area contributed by atoms with Crippen LogP contribution < -0.4 is 23.7 Å². The number of hydrogen-bond donors (Lipinski definition) is 0. The molecule has 6 heteroatoms. The number of aryl methyl sites for hydroxylation is 1. The fourth-order valence-electron chi connectivity index (χ4n) is 3.24. The minimum Gasteiger partial charge on any atom is -0.493 e. The van der Waals surface area contributed by atoms with Crippen LogP contribution in [0.25, 0.3) is 6.08 Å². The van der Waals surface area contributed by atoms with Crippen LogP contribution in [-0.2, 0) is 6.61 Å². The smallest absolute Gasteiger partial charge is 0.203 e. The third kappa shape index (κ3) is 5.86. The zero-order chi connectivity index (χ0) is 23.8. The molecule has 0 aromatic heterocycles. The number of carbonyl (C=O) groups is 1. The minimum absolute atomic E-state index is 0.201. The summed E-state index contributed by atoms with van der Waals surface area (Å²) in [4.78, 5) is 12.8. The Balaban J connectivity index is 1.75. The molecule has 0 spiro atoms. The van der Waals surface area contributed by atoms with Crippen molar-refractivity contribution in [2.75, 3.05) is 28.4 Å². The minimum atomic E-state index is -0.201. The van der Waals surface area contributed by atoms with E-state index in [9.17, 15) is 4.79 Å². The second-order valence-corrected chi connectivity index (χ2v) is 7.30. The monoisotopic (exact) mass is 448 g/mol. The molecule has 0 radical (unpaired) electrons. The SMILES string of the molecule is COc1cc(/C=C/C(=O)c2cc(OC)c(OC)c(OC)c2)ccc1OCc1ccc(C)cc1. The summed E-state index contributed by atoms with van der Waals surface area (Å²) in [6, 6.07) is 16.9. The van der Waals surface area contributed by atoms with Crippen molar-refractivity contribution in [3.63, 3.8) is 0 Å². The van der Waals surface area contributed by atoms with Crippen LogP contribution in [-0.4, -0.2) is 34.2 Å². The lowest BCUT2D eigenvalue weighted by molar-refractivity contribution is 0.104. The van der Waals surface area contributed by atoms with Gasteiger partial charge < -0.3 is 23.7 Å². The predicted molar refractivity (Wildman–Crippen MR) is 128 cm³/mol. The molecule has 0 heterocycles. The van der Waals surface area contributed by atoms with Crippen molar-refractivity contribution in [1.29, 1.82) is 0 Å². The Morgan fingerprint density at radius 3 is 1.97 bits per heavy atom. The van der Waals surface area contributed by atoms with Gasteiger partial charge in [0.2, 0.25) is 5.75 Å². The number of hydrogen-bond acceptors (Lipinski definition) is 6. The molecule has 33 heavy (non-hydrogen) atoms. The molecule has 3 aromatic rings. The highest BCUT2D eigenvalue weighted by Crippen LogP contribution is 2.38. The summed E-state index contributed by atoms with van der Waals surface area (Å²) in [7, 11) is 6.12. The second-order valence-electron chi connectivity index (χ2n) is 7.30. The van der Waals surface area contributed by atoms with Crippen LogP contribution in [0.2, 0.25) is 0 Å². The number of methoxy groups -OCH3 is 4. The maximum Gasteiger partial charge on any atom is 0.203 e. The molecule has 0 atom stereocenters. The zero-order valence-electron chi connectivity index (χ0n) is 19.5. The Bertz CT molecular complexity index is 1110. The number of ketones is 1. The van der Waals surface area contributed by atoms with Crippen LogP contribution in [0.1, 0.15) is 27.0 Å². The number of ether oxygens (including phenoxy) is 5. The average Bonchev–Trinajstić information content (AvgIpc) is 2.86. The Labute approximate surface area is 194 Å². The van der Waals surface area contributed by atoms with E-state index < -0.39 is 0 Å². The van der Waals surface area contributed by atoms with Gasteiger partial charge in [0.25, 0.3) is 0 Å². The van der Waals surface area contributed by atoms with Crippen molar-refractivity contribution in [1.82, 2.24) is 0 Å². The van der Waals surface area contributed by atoms with E-state index in [4.69, 9.17) is 23.7 Å². The third-order valence-electron chi connectivity index (χ3n) is 5.08. The molecule has 0 bridgehead atoms. The summed E-state index contributed by atoms with van der Waals surface area (Å²) in [6.45, 7) is 2.48. The van der Waals surface area contributed by atoms with Crippen LogP contribution in [0, 0.1) is 6.92 Å². The van der Waals surface area contributed by atoms with Crippen LogP contribution in [0.4, 0.5) is 0 Å². The quantitative estimate of drug-likeness (QED) is 0.301. The van der Waals surface area contributed by atoms with Crippen molar-refractivity contribution in [2.24, 2.45) is 0 Å².